The molecule has 3 aromatic rings. The second-order valence-electron chi connectivity index (χ2n) is 7.35. The zero-order chi connectivity index (χ0) is 22.1. The molecule has 158 valence electrons. The van der Waals surface area contributed by atoms with E-state index in [1.54, 1.807) is 17.1 Å². The van der Waals surface area contributed by atoms with Gasteiger partial charge in [-0.2, -0.15) is 15.3 Å². The molecular formula is C24H18F2N6. The van der Waals surface area contributed by atoms with Crippen molar-refractivity contribution in [1.29, 1.82) is 0 Å². The molecule has 0 N–H and O–H groups in total. The fourth-order valence-electron chi connectivity index (χ4n) is 3.42. The Bertz CT molecular complexity index is 1350. The van der Waals surface area contributed by atoms with Crippen LogP contribution in [0.1, 0.15) is 18.2 Å². The quantitative estimate of drug-likeness (QED) is 0.403. The molecule has 2 aromatic carbocycles. The third-order valence-electron chi connectivity index (χ3n) is 5.21. The third-order valence-corrected chi connectivity index (χ3v) is 5.21. The summed E-state index contributed by atoms with van der Waals surface area (Å²) >= 11 is 0. The summed E-state index contributed by atoms with van der Waals surface area (Å²) in [7, 11) is 0. The minimum atomic E-state index is -0.969. The minimum absolute atomic E-state index is 0.0150. The predicted octanol–water partition coefficient (Wildman–Crippen LogP) is 4.79. The Morgan fingerprint density at radius 3 is 2.41 bits per heavy atom. The van der Waals surface area contributed by atoms with Crippen LogP contribution in [-0.4, -0.2) is 29.9 Å². The molecule has 6 nitrogen and oxygen atoms in total. The van der Waals surface area contributed by atoms with Crippen LogP contribution in [0.5, 0.6) is 0 Å². The lowest BCUT2D eigenvalue weighted by molar-refractivity contribution is 0.510. The molecule has 0 saturated heterocycles. The predicted molar refractivity (Wildman–Crippen MR) is 116 cm³/mol. The first-order chi connectivity index (χ1) is 15.6. The van der Waals surface area contributed by atoms with Gasteiger partial charge in [0.1, 0.15) is 11.4 Å². The van der Waals surface area contributed by atoms with E-state index in [9.17, 15) is 8.78 Å². The second-order valence-corrected chi connectivity index (χ2v) is 7.35. The van der Waals surface area contributed by atoms with Gasteiger partial charge in [0.05, 0.1) is 35.9 Å². The first kappa shape index (κ1) is 19.9. The highest BCUT2D eigenvalue weighted by atomic mass is 19.2. The van der Waals surface area contributed by atoms with E-state index in [0.717, 1.165) is 29.4 Å². The van der Waals surface area contributed by atoms with Crippen molar-refractivity contribution in [3.63, 3.8) is 0 Å². The molecule has 0 saturated carbocycles. The lowest BCUT2D eigenvalue weighted by Crippen LogP contribution is -2.07. The molecule has 1 aromatic heterocycles. The topological polar surface area (TPSA) is 69.4 Å². The van der Waals surface area contributed by atoms with Gasteiger partial charge in [-0.05, 0) is 36.2 Å². The van der Waals surface area contributed by atoms with Gasteiger partial charge in [-0.3, -0.25) is 4.68 Å². The lowest BCUT2D eigenvalue weighted by Gasteiger charge is -2.07. The summed E-state index contributed by atoms with van der Waals surface area (Å²) in [5, 5.41) is 13.0. The van der Waals surface area contributed by atoms with Crippen LogP contribution >= 0.6 is 0 Å². The summed E-state index contributed by atoms with van der Waals surface area (Å²) in [6, 6.07) is 16.0. The number of aryl methyl sites for hydroxylation is 1. The SMILES string of the molecule is CCc1ccc(-c2ccc(Cn3cc4nc(-c5cccc(F)c5F)nc-4cn3)nn2)cc1. The van der Waals surface area contributed by atoms with Crippen LogP contribution in [0, 0.1) is 11.6 Å². The molecule has 2 aliphatic rings. The molecule has 5 rings (SSSR count). The molecule has 0 spiro atoms. The number of halogens is 2. The van der Waals surface area contributed by atoms with Gasteiger partial charge in [0.15, 0.2) is 17.5 Å². The van der Waals surface area contributed by atoms with Crippen LogP contribution in [-0.2, 0) is 13.0 Å². The average molecular weight is 428 g/mol. The molecule has 32 heavy (non-hydrogen) atoms. The Morgan fingerprint density at radius 1 is 0.844 bits per heavy atom. The Kier molecular flexibility index (Phi) is 5.10. The minimum Gasteiger partial charge on any atom is -0.264 e. The maximum absolute atomic E-state index is 14.1. The molecule has 0 radical (unpaired) electrons. The molecule has 0 fully saturated rings. The summed E-state index contributed by atoms with van der Waals surface area (Å²) in [6.07, 6.45) is 4.23. The standard InChI is InChI=1S/C24H18F2N6/c1-2-15-6-8-16(9-7-15)20-11-10-17(30-31-20)13-32-14-22-21(12-27-32)28-24(29-22)18-4-3-5-19(25)23(18)26/h3-12,14H,2,13H2,1H3. The highest BCUT2D eigenvalue weighted by Gasteiger charge is 2.18. The van der Waals surface area contributed by atoms with Gasteiger partial charge in [-0.25, -0.2) is 18.7 Å². The summed E-state index contributed by atoms with van der Waals surface area (Å²) in [4.78, 5) is 8.61. The van der Waals surface area contributed by atoms with Crippen molar-refractivity contribution >= 4 is 0 Å². The van der Waals surface area contributed by atoms with Crippen molar-refractivity contribution in [1.82, 2.24) is 29.9 Å². The van der Waals surface area contributed by atoms with E-state index < -0.39 is 11.6 Å². The summed E-state index contributed by atoms with van der Waals surface area (Å²) in [6.45, 7) is 2.50. The van der Waals surface area contributed by atoms with E-state index in [2.05, 4.69) is 44.3 Å². The van der Waals surface area contributed by atoms with E-state index in [0.29, 0.717) is 17.9 Å². The molecule has 3 heterocycles. The van der Waals surface area contributed by atoms with Gasteiger partial charge in [0.2, 0.25) is 0 Å². The second kappa shape index (κ2) is 8.22. The fraction of sp³-hybridized carbons (Fsp3) is 0.125. The zero-order valence-electron chi connectivity index (χ0n) is 17.2. The first-order valence-electron chi connectivity index (χ1n) is 10.2. The first-order valence-corrected chi connectivity index (χ1v) is 10.2. The highest BCUT2D eigenvalue weighted by Crippen LogP contribution is 2.27. The smallest absolute Gasteiger partial charge is 0.169 e. The van der Waals surface area contributed by atoms with Gasteiger partial charge in [-0.1, -0.05) is 37.3 Å². The Labute approximate surface area is 183 Å². The van der Waals surface area contributed by atoms with Crippen LogP contribution < -0.4 is 0 Å². The zero-order valence-corrected chi connectivity index (χ0v) is 17.2. The van der Waals surface area contributed by atoms with Crippen LogP contribution in [0.3, 0.4) is 0 Å². The molecule has 8 heteroatoms. The van der Waals surface area contributed by atoms with E-state index in [4.69, 9.17) is 0 Å². The maximum atomic E-state index is 14.1. The van der Waals surface area contributed by atoms with Crippen LogP contribution in [0.25, 0.3) is 34.0 Å². The van der Waals surface area contributed by atoms with Gasteiger partial charge >= 0.3 is 0 Å². The van der Waals surface area contributed by atoms with Gasteiger partial charge in [0, 0.05) is 5.56 Å². The number of rotatable bonds is 5. The van der Waals surface area contributed by atoms with Crippen molar-refractivity contribution in [3.8, 4) is 34.0 Å². The Morgan fingerprint density at radius 2 is 1.66 bits per heavy atom. The number of fused-ring (bicyclic) bond motifs is 1. The lowest BCUT2D eigenvalue weighted by atomic mass is 10.1. The Balaban J connectivity index is 1.37. The fourth-order valence-corrected chi connectivity index (χ4v) is 3.42. The van der Waals surface area contributed by atoms with Crippen molar-refractivity contribution in [2.24, 2.45) is 0 Å². The van der Waals surface area contributed by atoms with E-state index in [1.165, 1.54) is 17.7 Å². The van der Waals surface area contributed by atoms with E-state index >= 15 is 0 Å². The van der Waals surface area contributed by atoms with Crippen LogP contribution in [0.15, 0.2) is 67.0 Å². The highest BCUT2D eigenvalue weighted by molar-refractivity contribution is 5.65. The third kappa shape index (κ3) is 3.82. The van der Waals surface area contributed by atoms with Gasteiger partial charge in [-0.15, -0.1) is 0 Å². The average Bonchev–Trinajstić information content (AvgIpc) is 3.24. The molecular weight excluding hydrogens is 410 g/mol. The molecule has 0 aliphatic carbocycles. The molecule has 0 amide bonds. The van der Waals surface area contributed by atoms with Gasteiger partial charge < -0.3 is 0 Å². The number of hydrogen-bond acceptors (Lipinski definition) is 5. The number of hydrogen-bond donors (Lipinski definition) is 0. The van der Waals surface area contributed by atoms with Crippen LogP contribution in [0.4, 0.5) is 8.78 Å². The summed E-state index contributed by atoms with van der Waals surface area (Å²) in [5.74, 6) is -1.79. The van der Waals surface area contributed by atoms with E-state index in [1.807, 2.05) is 24.3 Å². The van der Waals surface area contributed by atoms with Crippen molar-refractivity contribution < 1.29 is 8.78 Å². The van der Waals surface area contributed by atoms with E-state index in [-0.39, 0.29) is 11.4 Å². The molecule has 0 atom stereocenters. The molecule has 2 aliphatic heterocycles. The summed E-state index contributed by atoms with van der Waals surface area (Å²) < 4.78 is 29.3. The normalized spacial score (nSPS) is 11.2. The number of imidazole rings is 1. The summed E-state index contributed by atoms with van der Waals surface area (Å²) in [5.41, 5.74) is 4.85. The number of aromatic nitrogens is 6. The monoisotopic (exact) mass is 428 g/mol. The number of nitrogens with zero attached hydrogens (tertiary/aromatic N) is 6. The largest absolute Gasteiger partial charge is 0.264 e. The van der Waals surface area contributed by atoms with Crippen LogP contribution in [0.2, 0.25) is 0 Å². The molecule has 0 bridgehead atoms. The Hall–Kier alpha value is -4.07. The van der Waals surface area contributed by atoms with Crippen molar-refractivity contribution in [2.75, 3.05) is 0 Å². The number of benzene rings is 2. The van der Waals surface area contributed by atoms with Crippen molar-refractivity contribution in [3.05, 3.63) is 89.9 Å². The maximum Gasteiger partial charge on any atom is 0.169 e. The molecule has 0 unspecified atom stereocenters. The van der Waals surface area contributed by atoms with Gasteiger partial charge in [0.25, 0.3) is 0 Å². The van der Waals surface area contributed by atoms with Crippen molar-refractivity contribution in [2.45, 2.75) is 19.9 Å².